The second-order valence-electron chi connectivity index (χ2n) is 5.74. The lowest BCUT2D eigenvalue weighted by Crippen LogP contribution is -2.34. The van der Waals surface area contributed by atoms with Crippen molar-refractivity contribution in [2.24, 2.45) is 16.6 Å². The van der Waals surface area contributed by atoms with Crippen LogP contribution in [-0.4, -0.2) is 37.1 Å². The Hall–Kier alpha value is -1.36. The topological polar surface area (TPSA) is 53.6 Å². The Labute approximate surface area is 132 Å². The van der Waals surface area contributed by atoms with Gasteiger partial charge in [0.1, 0.15) is 0 Å². The van der Waals surface area contributed by atoms with Crippen LogP contribution >= 0.6 is 11.8 Å². The molecule has 1 fully saturated rings. The minimum atomic E-state index is 0.529. The summed E-state index contributed by atoms with van der Waals surface area (Å²) >= 11 is 2.03. The molecule has 0 saturated carbocycles. The molecule has 21 heavy (non-hydrogen) atoms. The molecule has 0 atom stereocenters. The first kappa shape index (κ1) is 16.0. The van der Waals surface area contributed by atoms with E-state index in [-0.39, 0.29) is 0 Å². The Balaban J connectivity index is 1.85. The molecular formula is C16H26N4S. The molecule has 0 radical (unpaired) electrons. The van der Waals surface area contributed by atoms with Crippen LogP contribution in [0.1, 0.15) is 19.4 Å². The van der Waals surface area contributed by atoms with Crippen LogP contribution in [0.5, 0.6) is 0 Å². The van der Waals surface area contributed by atoms with Gasteiger partial charge in [0.15, 0.2) is 5.96 Å². The lowest BCUT2D eigenvalue weighted by atomic mass is 10.2. The molecule has 0 spiro atoms. The van der Waals surface area contributed by atoms with Gasteiger partial charge in [0.2, 0.25) is 0 Å². The number of thioether (sulfide) groups is 1. The number of rotatable bonds is 5. The highest BCUT2D eigenvalue weighted by Gasteiger charge is 2.10. The summed E-state index contributed by atoms with van der Waals surface area (Å²) in [5.41, 5.74) is 8.35. The third-order valence-corrected chi connectivity index (χ3v) is 4.38. The van der Waals surface area contributed by atoms with Gasteiger partial charge in [-0.2, -0.15) is 11.8 Å². The lowest BCUT2D eigenvalue weighted by molar-refractivity contribution is 0.622. The van der Waals surface area contributed by atoms with Crippen LogP contribution in [0.25, 0.3) is 0 Å². The number of aliphatic imine (C=N–C) groups is 1. The monoisotopic (exact) mass is 306 g/mol. The molecule has 0 aromatic heterocycles. The number of hydrogen-bond donors (Lipinski definition) is 2. The quantitative estimate of drug-likeness (QED) is 0.647. The first-order valence-electron chi connectivity index (χ1n) is 7.60. The van der Waals surface area contributed by atoms with E-state index in [2.05, 4.69) is 53.3 Å². The Morgan fingerprint density at radius 3 is 2.57 bits per heavy atom. The summed E-state index contributed by atoms with van der Waals surface area (Å²) in [5, 5.41) is 3.13. The molecule has 0 aliphatic carbocycles. The predicted molar refractivity (Wildman–Crippen MR) is 94.1 cm³/mol. The van der Waals surface area contributed by atoms with Crippen molar-refractivity contribution in [3.63, 3.8) is 0 Å². The number of anilines is 1. The van der Waals surface area contributed by atoms with Gasteiger partial charge in [-0.1, -0.05) is 26.0 Å². The Bertz CT molecular complexity index is 450. The zero-order valence-electron chi connectivity index (χ0n) is 13.0. The van der Waals surface area contributed by atoms with E-state index in [9.17, 15) is 0 Å². The number of hydrogen-bond acceptors (Lipinski definition) is 3. The summed E-state index contributed by atoms with van der Waals surface area (Å²) in [6.07, 6.45) is 0. The second kappa shape index (κ2) is 8.17. The highest BCUT2D eigenvalue weighted by atomic mass is 32.2. The largest absolute Gasteiger partial charge is 0.370 e. The molecule has 1 aliphatic rings. The van der Waals surface area contributed by atoms with E-state index in [1.165, 1.54) is 22.8 Å². The summed E-state index contributed by atoms with van der Waals surface area (Å²) in [4.78, 5) is 6.82. The van der Waals surface area contributed by atoms with E-state index in [1.807, 2.05) is 11.8 Å². The molecule has 0 unspecified atom stereocenters. The minimum Gasteiger partial charge on any atom is -0.370 e. The van der Waals surface area contributed by atoms with Crippen molar-refractivity contribution in [2.75, 3.05) is 36.0 Å². The molecule has 2 rings (SSSR count). The third-order valence-electron chi connectivity index (χ3n) is 3.44. The molecule has 1 saturated heterocycles. The average Bonchev–Trinajstić information content (AvgIpc) is 2.52. The zero-order valence-corrected chi connectivity index (χ0v) is 13.8. The van der Waals surface area contributed by atoms with Crippen LogP contribution in [0, 0.1) is 5.92 Å². The molecular weight excluding hydrogens is 280 g/mol. The van der Waals surface area contributed by atoms with Gasteiger partial charge in [0.25, 0.3) is 0 Å². The number of guanidine groups is 1. The Morgan fingerprint density at radius 2 is 1.95 bits per heavy atom. The van der Waals surface area contributed by atoms with Crippen molar-refractivity contribution in [3.05, 3.63) is 29.8 Å². The Morgan fingerprint density at radius 1 is 1.29 bits per heavy atom. The first-order valence-corrected chi connectivity index (χ1v) is 8.76. The van der Waals surface area contributed by atoms with Crippen LogP contribution in [0.4, 0.5) is 5.69 Å². The number of nitrogens with one attached hydrogen (secondary N) is 1. The summed E-state index contributed by atoms with van der Waals surface area (Å²) < 4.78 is 0. The van der Waals surface area contributed by atoms with Gasteiger partial charge in [-0.3, -0.25) is 0 Å². The van der Waals surface area contributed by atoms with Gasteiger partial charge < -0.3 is 16.0 Å². The smallest absolute Gasteiger partial charge is 0.188 e. The molecule has 0 bridgehead atoms. The number of nitrogens with two attached hydrogens (primary N) is 1. The van der Waals surface area contributed by atoms with Crippen molar-refractivity contribution in [1.29, 1.82) is 0 Å². The molecule has 4 nitrogen and oxygen atoms in total. The normalized spacial score (nSPS) is 16.3. The molecule has 5 heteroatoms. The van der Waals surface area contributed by atoms with Gasteiger partial charge in [0, 0.05) is 36.8 Å². The minimum absolute atomic E-state index is 0.529. The fourth-order valence-electron chi connectivity index (χ4n) is 2.17. The van der Waals surface area contributed by atoms with Gasteiger partial charge >= 0.3 is 0 Å². The van der Waals surface area contributed by atoms with Crippen LogP contribution in [0.3, 0.4) is 0 Å². The summed E-state index contributed by atoms with van der Waals surface area (Å²) in [6.45, 7) is 8.09. The molecule has 116 valence electrons. The summed E-state index contributed by atoms with van der Waals surface area (Å²) in [5.74, 6) is 3.55. The maximum Gasteiger partial charge on any atom is 0.188 e. The van der Waals surface area contributed by atoms with Gasteiger partial charge in [-0.25, -0.2) is 4.99 Å². The average molecular weight is 306 g/mol. The third kappa shape index (κ3) is 5.50. The lowest BCUT2D eigenvalue weighted by Gasteiger charge is -2.28. The van der Waals surface area contributed by atoms with Crippen molar-refractivity contribution in [1.82, 2.24) is 5.32 Å². The molecule has 0 amide bonds. The van der Waals surface area contributed by atoms with Crippen molar-refractivity contribution in [3.8, 4) is 0 Å². The fraction of sp³-hybridized carbons (Fsp3) is 0.562. The standard InChI is InChI=1S/C16H26N4S/c1-13(2)11-18-16(17)19-12-14-3-5-15(6-4-14)20-7-9-21-10-8-20/h3-6,13H,7-12H2,1-2H3,(H3,17,18,19). The highest BCUT2D eigenvalue weighted by Crippen LogP contribution is 2.20. The molecule has 1 aliphatic heterocycles. The second-order valence-corrected chi connectivity index (χ2v) is 6.97. The van der Waals surface area contributed by atoms with E-state index < -0.39 is 0 Å². The number of nitrogens with zero attached hydrogens (tertiary/aromatic N) is 2. The van der Waals surface area contributed by atoms with Crippen molar-refractivity contribution >= 4 is 23.4 Å². The summed E-state index contributed by atoms with van der Waals surface area (Å²) in [6, 6.07) is 8.68. The maximum absolute atomic E-state index is 5.84. The van der Waals surface area contributed by atoms with Gasteiger partial charge in [0.05, 0.1) is 6.54 Å². The van der Waals surface area contributed by atoms with E-state index in [0.717, 1.165) is 19.6 Å². The Kier molecular flexibility index (Phi) is 6.23. The van der Waals surface area contributed by atoms with E-state index in [0.29, 0.717) is 18.4 Å². The van der Waals surface area contributed by atoms with E-state index >= 15 is 0 Å². The summed E-state index contributed by atoms with van der Waals surface area (Å²) in [7, 11) is 0. The van der Waals surface area contributed by atoms with Crippen molar-refractivity contribution in [2.45, 2.75) is 20.4 Å². The SMILES string of the molecule is CC(C)CNC(N)=NCc1ccc(N2CCSCC2)cc1. The number of benzene rings is 1. The molecule has 1 aromatic carbocycles. The predicted octanol–water partition coefficient (Wildman–Crippen LogP) is 2.30. The van der Waals surface area contributed by atoms with Gasteiger partial charge in [-0.15, -0.1) is 0 Å². The van der Waals surface area contributed by atoms with Crippen LogP contribution in [-0.2, 0) is 6.54 Å². The fourth-order valence-corrected chi connectivity index (χ4v) is 3.08. The van der Waals surface area contributed by atoms with Crippen LogP contribution in [0.15, 0.2) is 29.3 Å². The van der Waals surface area contributed by atoms with Crippen LogP contribution < -0.4 is 16.0 Å². The van der Waals surface area contributed by atoms with Gasteiger partial charge in [-0.05, 0) is 23.6 Å². The first-order chi connectivity index (χ1) is 10.1. The van der Waals surface area contributed by atoms with Crippen LogP contribution in [0.2, 0.25) is 0 Å². The molecule has 1 aromatic rings. The van der Waals surface area contributed by atoms with Crippen molar-refractivity contribution < 1.29 is 0 Å². The van der Waals surface area contributed by atoms with E-state index in [1.54, 1.807) is 0 Å². The van der Waals surface area contributed by atoms with E-state index in [4.69, 9.17) is 5.73 Å². The highest BCUT2D eigenvalue weighted by molar-refractivity contribution is 7.99. The maximum atomic E-state index is 5.84. The zero-order chi connectivity index (χ0) is 15.1. The molecule has 1 heterocycles. The molecule has 3 N–H and O–H groups in total.